The van der Waals surface area contributed by atoms with E-state index in [1.54, 1.807) is 30.7 Å². The van der Waals surface area contributed by atoms with Gasteiger partial charge in [-0.05, 0) is 18.2 Å². The normalized spacial score (nSPS) is 10.1. The number of hydrogen-bond acceptors (Lipinski definition) is 4. The van der Waals surface area contributed by atoms with Crippen LogP contribution in [-0.4, -0.2) is 28.4 Å². The second kappa shape index (κ2) is 6.51. The lowest BCUT2D eigenvalue weighted by Crippen LogP contribution is -2.25. The van der Waals surface area contributed by atoms with Gasteiger partial charge in [-0.3, -0.25) is 9.59 Å². The van der Waals surface area contributed by atoms with E-state index < -0.39 is 5.97 Å². The zero-order valence-electron chi connectivity index (χ0n) is 11.1. The summed E-state index contributed by atoms with van der Waals surface area (Å²) in [5.41, 5.74) is 1.41. The Kier molecular flexibility index (Phi) is 4.49. The first-order chi connectivity index (χ1) is 9.65. The standard InChI is InChI=1S/C14H15N3O3/c1-10(18)20-13-4-2-3-11(7-13)14(19)16-6-5-12-8-15-9-17-12/h2-4,7-9H,5-6H2,1H3,(H,15,17)(H,16,19). The highest BCUT2D eigenvalue weighted by Gasteiger charge is 2.07. The third kappa shape index (κ3) is 3.94. The van der Waals surface area contributed by atoms with Crippen LogP contribution in [0.1, 0.15) is 23.0 Å². The molecule has 0 aliphatic rings. The van der Waals surface area contributed by atoms with Gasteiger partial charge in [0, 0.05) is 37.3 Å². The maximum Gasteiger partial charge on any atom is 0.308 e. The Morgan fingerprint density at radius 2 is 2.25 bits per heavy atom. The summed E-state index contributed by atoms with van der Waals surface area (Å²) in [7, 11) is 0. The molecule has 0 saturated heterocycles. The number of aromatic amines is 1. The maximum absolute atomic E-state index is 11.9. The molecule has 0 aliphatic carbocycles. The Balaban J connectivity index is 1.90. The number of H-pyrrole nitrogens is 1. The summed E-state index contributed by atoms with van der Waals surface area (Å²) in [6.45, 7) is 1.82. The summed E-state index contributed by atoms with van der Waals surface area (Å²) >= 11 is 0. The van der Waals surface area contributed by atoms with Gasteiger partial charge in [-0.15, -0.1) is 0 Å². The van der Waals surface area contributed by atoms with Gasteiger partial charge < -0.3 is 15.0 Å². The molecule has 6 nitrogen and oxygen atoms in total. The summed E-state index contributed by atoms with van der Waals surface area (Å²) in [5, 5.41) is 2.79. The van der Waals surface area contributed by atoms with Crippen molar-refractivity contribution in [2.24, 2.45) is 0 Å². The van der Waals surface area contributed by atoms with Crippen LogP contribution in [0.2, 0.25) is 0 Å². The van der Waals surface area contributed by atoms with Crippen molar-refractivity contribution in [3.8, 4) is 5.75 Å². The monoisotopic (exact) mass is 273 g/mol. The largest absolute Gasteiger partial charge is 0.427 e. The lowest BCUT2D eigenvalue weighted by molar-refractivity contribution is -0.131. The number of carbonyl (C=O) groups is 2. The number of benzene rings is 1. The predicted molar refractivity (Wildman–Crippen MR) is 72.4 cm³/mol. The zero-order valence-corrected chi connectivity index (χ0v) is 11.1. The van der Waals surface area contributed by atoms with E-state index in [0.29, 0.717) is 24.3 Å². The van der Waals surface area contributed by atoms with Crippen molar-refractivity contribution in [2.45, 2.75) is 13.3 Å². The highest BCUT2D eigenvalue weighted by molar-refractivity contribution is 5.94. The van der Waals surface area contributed by atoms with Gasteiger partial charge >= 0.3 is 5.97 Å². The van der Waals surface area contributed by atoms with Crippen molar-refractivity contribution in [1.82, 2.24) is 15.3 Å². The van der Waals surface area contributed by atoms with E-state index in [0.717, 1.165) is 5.69 Å². The molecule has 104 valence electrons. The Morgan fingerprint density at radius 3 is 2.95 bits per heavy atom. The van der Waals surface area contributed by atoms with E-state index in [9.17, 15) is 9.59 Å². The molecule has 0 unspecified atom stereocenters. The van der Waals surface area contributed by atoms with Crippen molar-refractivity contribution in [3.63, 3.8) is 0 Å². The minimum atomic E-state index is -0.415. The molecule has 0 saturated carbocycles. The molecule has 1 aromatic heterocycles. The third-order valence-corrected chi connectivity index (χ3v) is 2.59. The number of amides is 1. The van der Waals surface area contributed by atoms with Gasteiger partial charge in [0.05, 0.1) is 6.33 Å². The number of rotatable bonds is 5. The Hall–Kier alpha value is -2.63. The van der Waals surface area contributed by atoms with E-state index in [1.165, 1.54) is 13.0 Å². The second-order valence-corrected chi connectivity index (χ2v) is 4.20. The highest BCUT2D eigenvalue weighted by atomic mass is 16.5. The molecule has 2 N–H and O–H groups in total. The molecule has 0 fully saturated rings. The second-order valence-electron chi connectivity index (χ2n) is 4.20. The smallest absolute Gasteiger partial charge is 0.308 e. The number of hydrogen-bond donors (Lipinski definition) is 2. The van der Waals surface area contributed by atoms with Crippen molar-refractivity contribution >= 4 is 11.9 Å². The van der Waals surface area contributed by atoms with Crippen LogP contribution in [0.25, 0.3) is 0 Å². The lowest BCUT2D eigenvalue weighted by atomic mass is 10.2. The number of imidazole rings is 1. The molecule has 20 heavy (non-hydrogen) atoms. The quantitative estimate of drug-likeness (QED) is 0.635. The van der Waals surface area contributed by atoms with Gasteiger partial charge in [0.25, 0.3) is 5.91 Å². The minimum absolute atomic E-state index is 0.210. The first-order valence-corrected chi connectivity index (χ1v) is 6.19. The molecule has 0 spiro atoms. The van der Waals surface area contributed by atoms with Crippen molar-refractivity contribution in [1.29, 1.82) is 0 Å². The fraction of sp³-hybridized carbons (Fsp3) is 0.214. The fourth-order valence-electron chi connectivity index (χ4n) is 1.70. The van der Waals surface area contributed by atoms with Gasteiger partial charge in [-0.1, -0.05) is 6.07 Å². The average molecular weight is 273 g/mol. The minimum Gasteiger partial charge on any atom is -0.427 e. The molecular formula is C14H15N3O3. The summed E-state index contributed by atoms with van der Waals surface area (Å²) in [6.07, 6.45) is 3.99. The molecule has 2 aromatic rings. The first kappa shape index (κ1) is 13.8. The number of nitrogens with zero attached hydrogens (tertiary/aromatic N) is 1. The van der Waals surface area contributed by atoms with Crippen LogP contribution in [0.3, 0.4) is 0 Å². The Morgan fingerprint density at radius 1 is 1.40 bits per heavy atom. The van der Waals surface area contributed by atoms with E-state index in [4.69, 9.17) is 4.74 Å². The van der Waals surface area contributed by atoms with E-state index in [2.05, 4.69) is 15.3 Å². The molecule has 2 rings (SSSR count). The van der Waals surface area contributed by atoms with Gasteiger partial charge in [-0.25, -0.2) is 4.98 Å². The SMILES string of the molecule is CC(=O)Oc1cccc(C(=O)NCCc2cnc[nH]2)c1. The van der Waals surface area contributed by atoms with Crippen molar-refractivity contribution in [2.75, 3.05) is 6.54 Å². The van der Waals surface area contributed by atoms with Gasteiger partial charge in [0.2, 0.25) is 0 Å². The van der Waals surface area contributed by atoms with Gasteiger partial charge in [0.1, 0.15) is 5.75 Å². The average Bonchev–Trinajstić information content (AvgIpc) is 2.91. The van der Waals surface area contributed by atoms with Crippen LogP contribution in [-0.2, 0) is 11.2 Å². The molecule has 0 bridgehead atoms. The number of carbonyl (C=O) groups excluding carboxylic acids is 2. The summed E-state index contributed by atoms with van der Waals surface area (Å²) in [5.74, 6) is -0.265. The van der Waals surface area contributed by atoms with E-state index in [-0.39, 0.29) is 5.91 Å². The topological polar surface area (TPSA) is 84.1 Å². The van der Waals surface area contributed by atoms with Crippen LogP contribution in [0.4, 0.5) is 0 Å². The van der Waals surface area contributed by atoms with Gasteiger partial charge in [0.15, 0.2) is 0 Å². The highest BCUT2D eigenvalue weighted by Crippen LogP contribution is 2.13. The third-order valence-electron chi connectivity index (χ3n) is 2.59. The molecule has 0 aliphatic heterocycles. The van der Waals surface area contributed by atoms with Crippen molar-refractivity contribution in [3.05, 3.63) is 48.0 Å². The van der Waals surface area contributed by atoms with Crippen LogP contribution >= 0.6 is 0 Å². The van der Waals surface area contributed by atoms with Crippen LogP contribution in [0.15, 0.2) is 36.8 Å². The molecule has 6 heteroatoms. The molecule has 1 amide bonds. The van der Waals surface area contributed by atoms with Crippen LogP contribution in [0, 0.1) is 0 Å². The Labute approximate surface area is 116 Å². The van der Waals surface area contributed by atoms with E-state index in [1.807, 2.05) is 0 Å². The van der Waals surface area contributed by atoms with Gasteiger partial charge in [-0.2, -0.15) is 0 Å². The summed E-state index contributed by atoms with van der Waals surface area (Å²) in [4.78, 5) is 29.7. The van der Waals surface area contributed by atoms with Crippen LogP contribution in [0.5, 0.6) is 5.75 Å². The molecular weight excluding hydrogens is 258 g/mol. The fourth-order valence-corrected chi connectivity index (χ4v) is 1.70. The molecule has 1 heterocycles. The molecule has 1 aromatic carbocycles. The lowest BCUT2D eigenvalue weighted by Gasteiger charge is -2.06. The number of aromatic nitrogens is 2. The number of esters is 1. The van der Waals surface area contributed by atoms with Crippen LogP contribution < -0.4 is 10.1 Å². The van der Waals surface area contributed by atoms with Crippen molar-refractivity contribution < 1.29 is 14.3 Å². The number of nitrogens with one attached hydrogen (secondary N) is 2. The predicted octanol–water partition coefficient (Wildman–Crippen LogP) is 1.31. The molecule has 0 radical (unpaired) electrons. The zero-order chi connectivity index (χ0) is 14.4. The summed E-state index contributed by atoms with van der Waals surface area (Å²) < 4.78 is 4.94. The maximum atomic E-state index is 11.9. The first-order valence-electron chi connectivity index (χ1n) is 6.19. The number of ether oxygens (including phenoxy) is 1. The molecule has 0 atom stereocenters. The van der Waals surface area contributed by atoms with E-state index >= 15 is 0 Å². The summed E-state index contributed by atoms with van der Waals surface area (Å²) in [6, 6.07) is 6.50. The Bertz CT molecular complexity index is 593.